The van der Waals surface area contributed by atoms with E-state index in [1.165, 1.54) is 0 Å². The molecule has 1 aliphatic heterocycles. The Kier molecular flexibility index (Phi) is 4.68. The first kappa shape index (κ1) is 13.5. The van der Waals surface area contributed by atoms with Crippen LogP contribution in [0, 0.1) is 5.92 Å². The van der Waals surface area contributed by atoms with Gasteiger partial charge in [0.15, 0.2) is 0 Å². The molecule has 0 aromatic carbocycles. The summed E-state index contributed by atoms with van der Waals surface area (Å²) in [7, 11) is 0. The van der Waals surface area contributed by atoms with Gasteiger partial charge in [-0.15, -0.1) is 11.3 Å². The maximum absolute atomic E-state index is 12.0. The fourth-order valence-corrected chi connectivity index (χ4v) is 2.63. The average Bonchev–Trinajstić information content (AvgIpc) is 2.91. The van der Waals surface area contributed by atoms with Gasteiger partial charge in [0.05, 0.1) is 11.2 Å². The van der Waals surface area contributed by atoms with Crippen molar-refractivity contribution >= 4 is 17.2 Å². The Morgan fingerprint density at radius 1 is 1.50 bits per heavy atom. The fraction of sp³-hybridized carbons (Fsp3) is 0.667. The van der Waals surface area contributed by atoms with Gasteiger partial charge in [0.2, 0.25) is 5.91 Å². The third kappa shape index (κ3) is 3.28. The van der Waals surface area contributed by atoms with Gasteiger partial charge in [-0.05, 0) is 0 Å². The van der Waals surface area contributed by atoms with Gasteiger partial charge in [0, 0.05) is 50.6 Å². The molecule has 100 valence electrons. The average molecular weight is 268 g/mol. The molecule has 0 saturated carbocycles. The molecule has 1 aromatic heterocycles. The molecule has 0 radical (unpaired) electrons. The first-order valence-electron chi connectivity index (χ1n) is 6.29. The van der Waals surface area contributed by atoms with Crippen LogP contribution in [0.5, 0.6) is 0 Å². The van der Waals surface area contributed by atoms with Crippen molar-refractivity contribution in [1.29, 1.82) is 0 Å². The molecule has 1 saturated heterocycles. The minimum atomic E-state index is -0.0601. The van der Waals surface area contributed by atoms with Crippen LogP contribution >= 0.6 is 11.3 Å². The second-order valence-electron chi connectivity index (χ2n) is 4.72. The van der Waals surface area contributed by atoms with Crippen LogP contribution in [0.25, 0.3) is 0 Å². The highest BCUT2D eigenvalue weighted by atomic mass is 32.1. The van der Waals surface area contributed by atoms with Crippen molar-refractivity contribution in [2.75, 3.05) is 32.7 Å². The van der Waals surface area contributed by atoms with E-state index in [9.17, 15) is 4.79 Å². The summed E-state index contributed by atoms with van der Waals surface area (Å²) < 4.78 is 0. The molecule has 2 rings (SSSR count). The molecule has 1 aromatic rings. The Morgan fingerprint density at radius 3 is 2.78 bits per heavy atom. The lowest BCUT2D eigenvalue weighted by molar-refractivity contribution is -0.136. The quantitative estimate of drug-likeness (QED) is 0.857. The number of hydrogen-bond acceptors (Lipinski definition) is 5. The van der Waals surface area contributed by atoms with Gasteiger partial charge in [-0.2, -0.15) is 0 Å². The van der Waals surface area contributed by atoms with Gasteiger partial charge in [-0.1, -0.05) is 6.92 Å². The van der Waals surface area contributed by atoms with Crippen molar-refractivity contribution in [3.05, 3.63) is 16.6 Å². The monoisotopic (exact) mass is 268 g/mol. The van der Waals surface area contributed by atoms with Crippen LogP contribution < -0.4 is 5.73 Å². The van der Waals surface area contributed by atoms with Gasteiger partial charge in [0.25, 0.3) is 0 Å². The number of carbonyl (C=O) groups excluding carboxylic acids is 1. The molecular weight excluding hydrogens is 248 g/mol. The van der Waals surface area contributed by atoms with Gasteiger partial charge < -0.3 is 10.6 Å². The number of nitrogens with two attached hydrogens (primary N) is 1. The molecule has 5 nitrogen and oxygen atoms in total. The Bertz CT molecular complexity index is 373. The molecule has 1 atom stereocenters. The molecule has 2 heterocycles. The summed E-state index contributed by atoms with van der Waals surface area (Å²) in [5.74, 6) is 0.126. The Balaban J connectivity index is 1.79. The molecule has 1 unspecified atom stereocenters. The zero-order valence-corrected chi connectivity index (χ0v) is 11.5. The van der Waals surface area contributed by atoms with Crippen molar-refractivity contribution in [1.82, 2.24) is 14.8 Å². The van der Waals surface area contributed by atoms with Crippen LogP contribution in [-0.4, -0.2) is 53.4 Å². The number of nitrogens with zero attached hydrogens (tertiary/aromatic N) is 3. The van der Waals surface area contributed by atoms with E-state index in [0.717, 1.165) is 38.4 Å². The lowest BCUT2D eigenvalue weighted by Crippen LogP contribution is -2.50. The van der Waals surface area contributed by atoms with Crippen molar-refractivity contribution in [3.63, 3.8) is 0 Å². The highest BCUT2D eigenvalue weighted by molar-refractivity contribution is 7.07. The standard InChI is InChI=1S/C12H20N4OS/c1-10(6-13)12(17)16-4-2-15(3-5-16)7-11-8-18-9-14-11/h8-10H,2-7,13H2,1H3. The van der Waals surface area contributed by atoms with E-state index in [1.807, 2.05) is 17.3 Å². The van der Waals surface area contributed by atoms with Crippen molar-refractivity contribution in [3.8, 4) is 0 Å². The topological polar surface area (TPSA) is 62.5 Å². The van der Waals surface area contributed by atoms with Crippen LogP contribution in [0.3, 0.4) is 0 Å². The second-order valence-corrected chi connectivity index (χ2v) is 5.44. The summed E-state index contributed by atoms with van der Waals surface area (Å²) in [6.45, 7) is 6.64. The molecule has 0 spiro atoms. The van der Waals surface area contributed by atoms with E-state index in [1.54, 1.807) is 11.3 Å². The maximum Gasteiger partial charge on any atom is 0.226 e. The number of amides is 1. The van der Waals surface area contributed by atoms with Crippen molar-refractivity contribution in [2.45, 2.75) is 13.5 Å². The Labute approximate surface area is 112 Å². The number of rotatable bonds is 4. The Hall–Kier alpha value is -0.980. The van der Waals surface area contributed by atoms with Gasteiger partial charge in [0.1, 0.15) is 0 Å². The van der Waals surface area contributed by atoms with Crippen molar-refractivity contribution < 1.29 is 4.79 Å². The van der Waals surface area contributed by atoms with E-state index in [4.69, 9.17) is 5.73 Å². The van der Waals surface area contributed by atoms with Gasteiger partial charge in [-0.3, -0.25) is 9.69 Å². The summed E-state index contributed by atoms with van der Waals surface area (Å²) in [4.78, 5) is 20.5. The molecule has 1 fully saturated rings. The summed E-state index contributed by atoms with van der Waals surface area (Å²) in [5.41, 5.74) is 8.51. The summed E-state index contributed by atoms with van der Waals surface area (Å²) in [6.07, 6.45) is 0. The molecule has 1 amide bonds. The van der Waals surface area contributed by atoms with Crippen LogP contribution in [0.2, 0.25) is 0 Å². The van der Waals surface area contributed by atoms with Crippen LogP contribution in [0.1, 0.15) is 12.6 Å². The van der Waals surface area contributed by atoms with E-state index >= 15 is 0 Å². The maximum atomic E-state index is 12.0. The zero-order valence-electron chi connectivity index (χ0n) is 10.7. The first-order chi connectivity index (χ1) is 8.70. The molecule has 0 aliphatic carbocycles. The van der Waals surface area contributed by atoms with E-state index in [0.29, 0.717) is 6.54 Å². The summed E-state index contributed by atoms with van der Waals surface area (Å²) in [5, 5.41) is 2.08. The Morgan fingerprint density at radius 2 is 2.22 bits per heavy atom. The largest absolute Gasteiger partial charge is 0.340 e. The van der Waals surface area contributed by atoms with E-state index in [2.05, 4.69) is 15.3 Å². The molecule has 0 bridgehead atoms. The highest BCUT2D eigenvalue weighted by Gasteiger charge is 2.24. The lowest BCUT2D eigenvalue weighted by atomic mass is 10.1. The predicted octanol–water partition coefficient (Wildman–Crippen LogP) is 0.382. The summed E-state index contributed by atoms with van der Waals surface area (Å²) >= 11 is 1.62. The minimum Gasteiger partial charge on any atom is -0.340 e. The smallest absolute Gasteiger partial charge is 0.226 e. The number of carbonyl (C=O) groups is 1. The van der Waals surface area contributed by atoms with Crippen LogP contribution in [-0.2, 0) is 11.3 Å². The first-order valence-corrected chi connectivity index (χ1v) is 7.23. The SMILES string of the molecule is CC(CN)C(=O)N1CCN(Cc2cscn2)CC1. The van der Waals surface area contributed by atoms with Crippen molar-refractivity contribution in [2.24, 2.45) is 11.7 Å². The lowest BCUT2D eigenvalue weighted by Gasteiger charge is -2.35. The third-order valence-corrected chi connectivity index (χ3v) is 3.96. The molecule has 18 heavy (non-hydrogen) atoms. The highest BCUT2D eigenvalue weighted by Crippen LogP contribution is 2.10. The van der Waals surface area contributed by atoms with E-state index in [-0.39, 0.29) is 11.8 Å². The van der Waals surface area contributed by atoms with Crippen LogP contribution in [0.15, 0.2) is 10.9 Å². The molecule has 6 heteroatoms. The zero-order chi connectivity index (χ0) is 13.0. The fourth-order valence-electron chi connectivity index (χ4n) is 2.08. The van der Waals surface area contributed by atoms with Gasteiger partial charge >= 0.3 is 0 Å². The normalized spacial score (nSPS) is 18.9. The molecule has 2 N–H and O–H groups in total. The van der Waals surface area contributed by atoms with Crippen LogP contribution in [0.4, 0.5) is 0 Å². The third-order valence-electron chi connectivity index (χ3n) is 3.33. The molecular formula is C12H20N4OS. The van der Waals surface area contributed by atoms with E-state index < -0.39 is 0 Å². The van der Waals surface area contributed by atoms with Gasteiger partial charge in [-0.25, -0.2) is 4.98 Å². The number of hydrogen-bond donors (Lipinski definition) is 1. The molecule has 1 aliphatic rings. The predicted molar refractivity (Wildman–Crippen MR) is 72.2 cm³/mol. The summed E-state index contributed by atoms with van der Waals surface area (Å²) in [6, 6.07) is 0. The minimum absolute atomic E-state index is 0.0601. The number of aromatic nitrogens is 1. The number of piperazine rings is 1. The second kappa shape index (κ2) is 6.26. The number of thiazole rings is 1.